The zero-order valence-electron chi connectivity index (χ0n) is 22.6. The normalized spacial score (nSPS) is 51.6. The third-order valence-electron chi connectivity index (χ3n) is 11.6. The Morgan fingerprint density at radius 3 is 2.50 bits per heavy atom. The fourth-order valence-electron chi connectivity index (χ4n) is 9.44. The van der Waals surface area contributed by atoms with Crippen molar-refractivity contribution in [3.63, 3.8) is 0 Å². The van der Waals surface area contributed by atoms with Crippen LogP contribution in [0.5, 0.6) is 0 Å². The zero-order chi connectivity index (χ0) is 26.2. The van der Waals surface area contributed by atoms with Gasteiger partial charge in [-0.15, -0.1) is 0 Å². The topological polar surface area (TPSA) is 104 Å². The first-order valence-electron chi connectivity index (χ1n) is 14.3. The van der Waals surface area contributed by atoms with Crippen molar-refractivity contribution >= 4 is 17.5 Å². The molecule has 0 amide bonds. The number of aliphatic hydroxyl groups excluding tert-OH is 1. The Bertz CT molecular complexity index is 919. The Morgan fingerprint density at radius 1 is 1.08 bits per heavy atom. The highest BCUT2D eigenvalue weighted by Gasteiger charge is 2.63. The molecule has 202 valence electrons. The second-order valence-corrected chi connectivity index (χ2v) is 13.4. The summed E-state index contributed by atoms with van der Waals surface area (Å²) in [6.07, 6.45) is 3.63. The van der Waals surface area contributed by atoms with Crippen LogP contribution in [0.25, 0.3) is 0 Å². The quantitative estimate of drug-likeness (QED) is 0.558. The first kappa shape index (κ1) is 26.3. The second-order valence-electron chi connectivity index (χ2n) is 13.4. The van der Waals surface area contributed by atoms with Gasteiger partial charge in [0.25, 0.3) is 0 Å². The molecule has 12 atom stereocenters. The van der Waals surface area contributed by atoms with Crippen molar-refractivity contribution in [2.45, 2.75) is 103 Å². The highest BCUT2D eigenvalue weighted by Crippen LogP contribution is 2.58. The van der Waals surface area contributed by atoms with Gasteiger partial charge in [-0.05, 0) is 55.8 Å². The molecule has 36 heavy (non-hydrogen) atoms. The number of carbonyl (C=O) groups excluding carboxylic acids is 3. The van der Waals surface area contributed by atoms with E-state index in [9.17, 15) is 24.6 Å². The molecule has 5 aliphatic rings. The molecule has 0 aromatic carbocycles. The SMILES string of the molecule is CC(=O)O[C@H]1C[C@@H]2C(=O)C[C@@H]([C@H]3CC[C@@H]4[C@@H](C)[C@@H]5CC[C@@H](C)CN5C[C@]4(O)C3=O)[C@H](C)[C@@]2(C)[C@@H](O)C1. The number of nitrogens with zero attached hydrogens (tertiary/aromatic N) is 1. The fourth-order valence-corrected chi connectivity index (χ4v) is 9.44. The van der Waals surface area contributed by atoms with Crippen LogP contribution in [0.15, 0.2) is 0 Å². The number of esters is 1. The number of Topliss-reactive ketones (excluding diaryl/α,β-unsaturated/α-hetero) is 2. The molecule has 2 heterocycles. The van der Waals surface area contributed by atoms with Gasteiger partial charge in [-0.2, -0.15) is 0 Å². The van der Waals surface area contributed by atoms with Crippen molar-refractivity contribution in [3.05, 3.63) is 0 Å². The Labute approximate surface area is 215 Å². The third-order valence-corrected chi connectivity index (χ3v) is 11.6. The van der Waals surface area contributed by atoms with Crippen LogP contribution in [-0.4, -0.2) is 69.6 Å². The van der Waals surface area contributed by atoms with Crippen LogP contribution in [0.2, 0.25) is 0 Å². The van der Waals surface area contributed by atoms with Crippen molar-refractivity contribution in [1.82, 2.24) is 4.90 Å². The van der Waals surface area contributed by atoms with Crippen LogP contribution in [0.4, 0.5) is 0 Å². The fraction of sp³-hybridized carbons (Fsp3) is 0.897. The molecule has 2 aliphatic heterocycles. The summed E-state index contributed by atoms with van der Waals surface area (Å²) < 4.78 is 5.39. The Balaban J connectivity index is 1.39. The van der Waals surface area contributed by atoms with E-state index in [1.807, 2.05) is 6.92 Å². The number of rotatable bonds is 2. The molecule has 0 aromatic rings. The maximum absolute atomic E-state index is 14.1. The van der Waals surface area contributed by atoms with E-state index in [0.717, 1.165) is 19.4 Å². The number of aliphatic hydroxyl groups is 2. The molecule has 7 heteroatoms. The summed E-state index contributed by atoms with van der Waals surface area (Å²) in [5, 5.41) is 23.3. The predicted octanol–water partition coefficient (Wildman–Crippen LogP) is 3.00. The molecule has 0 aromatic heterocycles. The van der Waals surface area contributed by atoms with Gasteiger partial charge in [-0.1, -0.05) is 27.7 Å². The van der Waals surface area contributed by atoms with E-state index < -0.39 is 35.1 Å². The lowest BCUT2D eigenvalue weighted by Crippen LogP contribution is -2.70. The zero-order valence-corrected chi connectivity index (χ0v) is 22.6. The molecule has 0 spiro atoms. The summed E-state index contributed by atoms with van der Waals surface area (Å²) in [6.45, 7) is 11.2. The van der Waals surface area contributed by atoms with E-state index in [-0.39, 0.29) is 47.6 Å². The highest BCUT2D eigenvalue weighted by atomic mass is 16.5. The van der Waals surface area contributed by atoms with Gasteiger partial charge in [0, 0.05) is 62.1 Å². The summed E-state index contributed by atoms with van der Waals surface area (Å²) >= 11 is 0. The van der Waals surface area contributed by atoms with E-state index in [0.29, 0.717) is 37.8 Å². The van der Waals surface area contributed by atoms with Crippen molar-refractivity contribution in [1.29, 1.82) is 0 Å². The molecular weight excluding hydrogens is 458 g/mol. The number of piperidine rings is 2. The molecule has 0 radical (unpaired) electrons. The minimum Gasteiger partial charge on any atom is -0.462 e. The van der Waals surface area contributed by atoms with Crippen LogP contribution < -0.4 is 0 Å². The number of fused-ring (bicyclic) bond motifs is 3. The van der Waals surface area contributed by atoms with Crippen molar-refractivity contribution in [2.75, 3.05) is 13.1 Å². The van der Waals surface area contributed by atoms with Gasteiger partial charge in [-0.3, -0.25) is 19.3 Å². The van der Waals surface area contributed by atoms with Gasteiger partial charge < -0.3 is 14.9 Å². The number of carbonyl (C=O) groups is 3. The first-order chi connectivity index (χ1) is 16.9. The van der Waals surface area contributed by atoms with E-state index in [2.05, 4.69) is 25.7 Å². The van der Waals surface area contributed by atoms with Gasteiger partial charge in [0.15, 0.2) is 5.78 Å². The Hall–Kier alpha value is -1.31. The summed E-state index contributed by atoms with van der Waals surface area (Å²) in [5.41, 5.74) is -2.04. The maximum atomic E-state index is 14.1. The van der Waals surface area contributed by atoms with Gasteiger partial charge in [0.05, 0.1) is 6.10 Å². The number of ketones is 2. The average Bonchev–Trinajstić information content (AvgIpc) is 2.79. The van der Waals surface area contributed by atoms with Crippen molar-refractivity contribution in [3.8, 4) is 0 Å². The second kappa shape index (κ2) is 9.16. The van der Waals surface area contributed by atoms with Gasteiger partial charge in [0.2, 0.25) is 0 Å². The van der Waals surface area contributed by atoms with Crippen molar-refractivity contribution in [2.24, 2.45) is 46.8 Å². The smallest absolute Gasteiger partial charge is 0.302 e. The highest BCUT2D eigenvalue weighted by molar-refractivity contribution is 5.92. The lowest BCUT2D eigenvalue weighted by atomic mass is 9.47. The summed E-state index contributed by atoms with van der Waals surface area (Å²) in [7, 11) is 0. The summed E-state index contributed by atoms with van der Waals surface area (Å²) in [5.74, 6) is -0.616. The third kappa shape index (κ3) is 3.90. The van der Waals surface area contributed by atoms with Crippen LogP contribution in [0.1, 0.15) is 79.6 Å². The molecule has 2 saturated heterocycles. The molecule has 5 rings (SSSR count). The van der Waals surface area contributed by atoms with Crippen LogP contribution in [0, 0.1) is 46.8 Å². The number of hydrogen-bond donors (Lipinski definition) is 2. The van der Waals surface area contributed by atoms with E-state index in [4.69, 9.17) is 4.74 Å². The summed E-state index contributed by atoms with van der Waals surface area (Å²) in [4.78, 5) is 41.6. The standard InChI is InChI=1S/C29H45NO6/c1-15-6-9-24-16(2)22-8-7-20(27(34)29(22,35)14-30(24)13-15)21-12-25(32)23-10-19(36-18(4)31)11-26(33)28(23,5)17(21)3/h15-17,19-24,26,33,35H,6-14H2,1-5H3/t15-,16-,17+,19+,20-,21-,22-,23-,24+,26+,28-,29-/m1/s1. The molecular formula is C29H45NO6. The maximum Gasteiger partial charge on any atom is 0.302 e. The molecule has 5 fully saturated rings. The average molecular weight is 504 g/mol. The van der Waals surface area contributed by atoms with E-state index in [1.54, 1.807) is 0 Å². The number of hydrogen-bond acceptors (Lipinski definition) is 7. The predicted molar refractivity (Wildman–Crippen MR) is 134 cm³/mol. The van der Waals surface area contributed by atoms with E-state index in [1.165, 1.54) is 13.3 Å². The minimum atomic E-state index is -1.36. The lowest BCUT2D eigenvalue weighted by molar-refractivity contribution is -0.194. The lowest BCUT2D eigenvalue weighted by Gasteiger charge is -2.60. The van der Waals surface area contributed by atoms with Crippen molar-refractivity contribution < 1.29 is 29.3 Å². The monoisotopic (exact) mass is 503 g/mol. The molecule has 3 saturated carbocycles. The van der Waals surface area contributed by atoms with Gasteiger partial charge >= 0.3 is 5.97 Å². The van der Waals surface area contributed by atoms with Crippen LogP contribution in [0.3, 0.4) is 0 Å². The summed E-state index contributed by atoms with van der Waals surface area (Å²) in [6, 6.07) is 0.438. The van der Waals surface area contributed by atoms with Crippen LogP contribution >= 0.6 is 0 Å². The Morgan fingerprint density at radius 2 is 1.81 bits per heavy atom. The van der Waals surface area contributed by atoms with Crippen LogP contribution in [-0.2, 0) is 19.1 Å². The molecule has 2 N–H and O–H groups in total. The molecule has 3 aliphatic carbocycles. The minimum absolute atomic E-state index is 0.0291. The first-order valence-corrected chi connectivity index (χ1v) is 14.3. The van der Waals surface area contributed by atoms with Gasteiger partial charge in [0.1, 0.15) is 17.5 Å². The molecule has 7 nitrogen and oxygen atoms in total. The number of ether oxygens (including phenoxy) is 1. The Kier molecular flexibility index (Phi) is 6.69. The van der Waals surface area contributed by atoms with E-state index >= 15 is 0 Å². The largest absolute Gasteiger partial charge is 0.462 e. The molecule has 0 unspecified atom stereocenters. The van der Waals surface area contributed by atoms with Gasteiger partial charge in [-0.25, -0.2) is 0 Å². The molecule has 0 bridgehead atoms.